The van der Waals surface area contributed by atoms with E-state index < -0.39 is 17.5 Å². The molecule has 0 radical (unpaired) electrons. The highest BCUT2D eigenvalue weighted by Crippen LogP contribution is 2.19. The van der Waals surface area contributed by atoms with E-state index in [2.05, 4.69) is 0 Å². The van der Waals surface area contributed by atoms with Gasteiger partial charge in [0.25, 0.3) is 0 Å². The first-order chi connectivity index (χ1) is 7.10. The molecule has 0 atom stereocenters. The maximum Gasteiger partial charge on any atom is 0.240 e. The van der Waals surface area contributed by atoms with E-state index in [1.54, 1.807) is 6.92 Å². The van der Waals surface area contributed by atoms with E-state index in [1.807, 2.05) is 0 Å². The molecule has 0 bridgehead atoms. The highest BCUT2D eigenvalue weighted by atomic mass is 19.1. The van der Waals surface area contributed by atoms with Gasteiger partial charge in [-0.25, -0.2) is 8.78 Å². The number of amides is 1. The summed E-state index contributed by atoms with van der Waals surface area (Å²) in [6.45, 7) is 1.78. The minimum Gasteiger partial charge on any atom is -0.322 e. The van der Waals surface area contributed by atoms with Crippen molar-refractivity contribution in [2.75, 3.05) is 18.0 Å². The molecule has 0 spiro atoms. The summed E-state index contributed by atoms with van der Waals surface area (Å²) in [7, 11) is 0. The summed E-state index contributed by atoms with van der Waals surface area (Å²) in [5.41, 5.74) is 5.23. The van der Waals surface area contributed by atoms with E-state index in [-0.39, 0.29) is 12.2 Å². The zero-order valence-electron chi connectivity index (χ0n) is 8.34. The predicted molar refractivity (Wildman–Crippen MR) is 53.4 cm³/mol. The topological polar surface area (TPSA) is 46.3 Å². The molecule has 0 saturated carbocycles. The maximum absolute atomic E-state index is 13.3. The molecule has 1 aromatic rings. The smallest absolute Gasteiger partial charge is 0.240 e. The van der Waals surface area contributed by atoms with Gasteiger partial charge in [0.15, 0.2) is 0 Å². The molecular weight excluding hydrogens is 202 g/mol. The molecule has 0 aliphatic heterocycles. The molecule has 15 heavy (non-hydrogen) atoms. The fraction of sp³-hybridized carbons (Fsp3) is 0.300. The second-order valence-corrected chi connectivity index (χ2v) is 2.94. The molecule has 5 heteroatoms. The third-order valence-electron chi connectivity index (χ3n) is 1.99. The normalized spacial score (nSPS) is 10.1. The summed E-state index contributed by atoms with van der Waals surface area (Å²) in [6.07, 6.45) is 0. The van der Waals surface area contributed by atoms with Crippen LogP contribution >= 0.6 is 0 Å². The van der Waals surface area contributed by atoms with Gasteiger partial charge in [-0.2, -0.15) is 0 Å². The van der Waals surface area contributed by atoms with Crippen LogP contribution in [0.1, 0.15) is 6.92 Å². The lowest BCUT2D eigenvalue weighted by molar-refractivity contribution is -0.117. The van der Waals surface area contributed by atoms with E-state index >= 15 is 0 Å². The average molecular weight is 214 g/mol. The van der Waals surface area contributed by atoms with Crippen molar-refractivity contribution in [3.63, 3.8) is 0 Å². The summed E-state index contributed by atoms with van der Waals surface area (Å²) < 4.78 is 25.9. The van der Waals surface area contributed by atoms with Gasteiger partial charge < -0.3 is 10.6 Å². The van der Waals surface area contributed by atoms with Crippen molar-refractivity contribution in [3.05, 3.63) is 29.8 Å². The summed E-state index contributed by atoms with van der Waals surface area (Å²) in [6, 6.07) is 3.06. The largest absolute Gasteiger partial charge is 0.322 e. The van der Waals surface area contributed by atoms with E-state index in [4.69, 9.17) is 5.73 Å². The Hall–Kier alpha value is -1.49. The van der Waals surface area contributed by atoms with Crippen LogP contribution in [0.25, 0.3) is 0 Å². The van der Waals surface area contributed by atoms with E-state index in [0.29, 0.717) is 6.54 Å². The molecule has 0 aliphatic carbocycles. The fourth-order valence-electron chi connectivity index (χ4n) is 1.29. The summed E-state index contributed by atoms with van der Waals surface area (Å²) >= 11 is 0. The lowest BCUT2D eigenvalue weighted by Gasteiger charge is -2.20. The standard InChI is InChI=1S/C10H12F2N2O/c1-2-14(10(15)6-13)9-4-3-7(11)5-8(9)12/h3-5H,2,6,13H2,1H3. The Balaban J connectivity index is 3.07. The van der Waals surface area contributed by atoms with Crippen LogP contribution in [-0.4, -0.2) is 19.0 Å². The van der Waals surface area contributed by atoms with Gasteiger partial charge >= 0.3 is 0 Å². The highest BCUT2D eigenvalue weighted by Gasteiger charge is 2.16. The Morgan fingerprint density at radius 1 is 1.47 bits per heavy atom. The van der Waals surface area contributed by atoms with Crippen molar-refractivity contribution < 1.29 is 13.6 Å². The molecule has 0 saturated heterocycles. The van der Waals surface area contributed by atoms with Crippen molar-refractivity contribution in [3.8, 4) is 0 Å². The van der Waals surface area contributed by atoms with Crippen LogP contribution in [0.2, 0.25) is 0 Å². The number of hydrogen-bond acceptors (Lipinski definition) is 2. The van der Waals surface area contributed by atoms with Crippen LogP contribution in [0.5, 0.6) is 0 Å². The van der Waals surface area contributed by atoms with Gasteiger partial charge in [-0.1, -0.05) is 0 Å². The molecule has 1 amide bonds. The number of nitrogens with zero attached hydrogens (tertiary/aromatic N) is 1. The number of rotatable bonds is 3. The Bertz CT molecular complexity index is 368. The van der Waals surface area contributed by atoms with Gasteiger partial charge in [-0.15, -0.1) is 0 Å². The molecule has 0 fully saturated rings. The molecule has 3 nitrogen and oxygen atoms in total. The molecule has 0 aliphatic rings. The van der Waals surface area contributed by atoms with Crippen molar-refractivity contribution in [1.29, 1.82) is 0 Å². The number of benzene rings is 1. The molecule has 82 valence electrons. The zero-order valence-corrected chi connectivity index (χ0v) is 8.34. The second kappa shape index (κ2) is 4.84. The highest BCUT2D eigenvalue weighted by molar-refractivity contribution is 5.94. The maximum atomic E-state index is 13.3. The molecular formula is C10H12F2N2O. The summed E-state index contributed by atoms with van der Waals surface area (Å²) in [5.74, 6) is -1.84. The fourth-order valence-corrected chi connectivity index (χ4v) is 1.29. The Kier molecular flexibility index (Phi) is 3.74. The number of carbonyl (C=O) groups excluding carboxylic acids is 1. The average Bonchev–Trinajstić information content (AvgIpc) is 2.21. The predicted octanol–water partition coefficient (Wildman–Crippen LogP) is 1.28. The van der Waals surface area contributed by atoms with Crippen molar-refractivity contribution >= 4 is 11.6 Å². The zero-order chi connectivity index (χ0) is 11.4. The number of likely N-dealkylation sites (N-methyl/N-ethyl adjacent to an activating group) is 1. The summed E-state index contributed by atoms with van der Waals surface area (Å²) in [4.78, 5) is 12.5. The first kappa shape index (κ1) is 11.6. The minimum absolute atomic E-state index is 0.0503. The van der Waals surface area contributed by atoms with E-state index in [9.17, 15) is 13.6 Å². The summed E-state index contributed by atoms with van der Waals surface area (Å²) in [5, 5.41) is 0. The minimum atomic E-state index is -0.765. The molecule has 1 aromatic carbocycles. The van der Waals surface area contributed by atoms with Crippen LogP contribution < -0.4 is 10.6 Å². The van der Waals surface area contributed by atoms with Gasteiger partial charge in [0, 0.05) is 12.6 Å². The molecule has 0 aromatic heterocycles. The lowest BCUT2D eigenvalue weighted by Crippen LogP contribution is -2.36. The number of carbonyl (C=O) groups is 1. The first-order valence-corrected chi connectivity index (χ1v) is 4.55. The van der Waals surface area contributed by atoms with Gasteiger partial charge in [0.1, 0.15) is 11.6 Å². The lowest BCUT2D eigenvalue weighted by atomic mass is 10.2. The third kappa shape index (κ3) is 2.50. The van der Waals surface area contributed by atoms with Gasteiger partial charge in [-0.3, -0.25) is 4.79 Å². The number of nitrogens with two attached hydrogens (primary N) is 1. The third-order valence-corrected chi connectivity index (χ3v) is 1.99. The Morgan fingerprint density at radius 2 is 2.13 bits per heavy atom. The molecule has 0 heterocycles. The van der Waals surface area contributed by atoms with E-state index in [1.165, 1.54) is 11.0 Å². The molecule has 0 unspecified atom stereocenters. The first-order valence-electron chi connectivity index (χ1n) is 4.55. The van der Waals surface area contributed by atoms with Gasteiger partial charge in [-0.05, 0) is 19.1 Å². The molecule has 1 rings (SSSR count). The Labute approximate surface area is 86.5 Å². The monoisotopic (exact) mass is 214 g/mol. The van der Waals surface area contributed by atoms with Crippen LogP contribution in [0.3, 0.4) is 0 Å². The van der Waals surface area contributed by atoms with Gasteiger partial charge in [0.2, 0.25) is 5.91 Å². The van der Waals surface area contributed by atoms with Gasteiger partial charge in [0.05, 0.1) is 12.2 Å². The molecule has 2 N–H and O–H groups in total. The van der Waals surface area contributed by atoms with E-state index in [0.717, 1.165) is 12.1 Å². The SMILES string of the molecule is CCN(C(=O)CN)c1ccc(F)cc1F. The number of anilines is 1. The van der Waals surface area contributed by atoms with Crippen molar-refractivity contribution in [2.45, 2.75) is 6.92 Å². The quantitative estimate of drug-likeness (QED) is 0.823. The number of hydrogen-bond donors (Lipinski definition) is 1. The van der Waals surface area contributed by atoms with Crippen molar-refractivity contribution in [1.82, 2.24) is 0 Å². The van der Waals surface area contributed by atoms with Crippen LogP contribution in [0.15, 0.2) is 18.2 Å². The van der Waals surface area contributed by atoms with Crippen LogP contribution in [0, 0.1) is 11.6 Å². The van der Waals surface area contributed by atoms with Crippen molar-refractivity contribution in [2.24, 2.45) is 5.73 Å². The Morgan fingerprint density at radius 3 is 2.60 bits per heavy atom. The second-order valence-electron chi connectivity index (χ2n) is 2.94. The number of halogens is 2. The van der Waals surface area contributed by atoms with Crippen LogP contribution in [0.4, 0.5) is 14.5 Å². The van der Waals surface area contributed by atoms with Crippen LogP contribution in [-0.2, 0) is 4.79 Å².